The van der Waals surface area contributed by atoms with E-state index in [1.54, 1.807) is 7.11 Å². The van der Waals surface area contributed by atoms with Crippen LogP contribution in [-0.4, -0.2) is 12.1 Å². The van der Waals surface area contributed by atoms with Crippen molar-refractivity contribution in [3.05, 3.63) is 35.5 Å². The molecule has 0 fully saturated rings. The van der Waals surface area contributed by atoms with Gasteiger partial charge in [0.15, 0.2) is 0 Å². The summed E-state index contributed by atoms with van der Waals surface area (Å²) in [4.78, 5) is 4.32. The van der Waals surface area contributed by atoms with Crippen LogP contribution in [0.3, 0.4) is 0 Å². The quantitative estimate of drug-likeness (QED) is 0.810. The van der Waals surface area contributed by atoms with Crippen LogP contribution in [0.1, 0.15) is 11.3 Å². The standard InChI is InChI=1S/C12H14N2O/c1-8-3-4-11-9(5-8)6-10(7-13)14-12(11)15-2/h3-6H,7,13H2,1-2H3. The number of aromatic nitrogens is 1. The first-order valence-corrected chi connectivity index (χ1v) is 4.89. The molecular formula is C12H14N2O. The number of aryl methyl sites for hydroxylation is 1. The number of benzene rings is 1. The van der Waals surface area contributed by atoms with Gasteiger partial charge in [0.25, 0.3) is 0 Å². The Bertz CT molecular complexity index is 494. The van der Waals surface area contributed by atoms with E-state index in [1.165, 1.54) is 5.56 Å². The van der Waals surface area contributed by atoms with Gasteiger partial charge in [0.1, 0.15) is 0 Å². The zero-order valence-electron chi connectivity index (χ0n) is 8.95. The van der Waals surface area contributed by atoms with Crippen molar-refractivity contribution in [3.63, 3.8) is 0 Å². The van der Waals surface area contributed by atoms with Gasteiger partial charge in [-0.3, -0.25) is 0 Å². The first-order valence-electron chi connectivity index (χ1n) is 4.89. The molecule has 0 bridgehead atoms. The van der Waals surface area contributed by atoms with Gasteiger partial charge in [0.05, 0.1) is 12.8 Å². The summed E-state index contributed by atoms with van der Waals surface area (Å²) in [5, 5.41) is 2.16. The summed E-state index contributed by atoms with van der Waals surface area (Å²) in [5.74, 6) is 0.646. The lowest BCUT2D eigenvalue weighted by Crippen LogP contribution is -2.01. The number of pyridine rings is 1. The number of nitrogens with two attached hydrogens (primary N) is 1. The minimum atomic E-state index is 0.431. The lowest BCUT2D eigenvalue weighted by atomic mass is 10.1. The fraction of sp³-hybridized carbons (Fsp3) is 0.250. The van der Waals surface area contributed by atoms with Crippen LogP contribution in [0.5, 0.6) is 5.88 Å². The highest BCUT2D eigenvalue weighted by Crippen LogP contribution is 2.25. The Labute approximate surface area is 88.9 Å². The third-order valence-electron chi connectivity index (χ3n) is 2.41. The van der Waals surface area contributed by atoms with Crippen LogP contribution in [0.4, 0.5) is 0 Å². The summed E-state index contributed by atoms with van der Waals surface area (Å²) >= 11 is 0. The molecular weight excluding hydrogens is 188 g/mol. The summed E-state index contributed by atoms with van der Waals surface area (Å²) in [5.41, 5.74) is 7.66. The van der Waals surface area contributed by atoms with E-state index in [9.17, 15) is 0 Å². The van der Waals surface area contributed by atoms with Gasteiger partial charge in [-0.25, -0.2) is 4.98 Å². The number of nitrogens with zero attached hydrogens (tertiary/aromatic N) is 1. The maximum Gasteiger partial charge on any atom is 0.221 e. The van der Waals surface area contributed by atoms with E-state index in [4.69, 9.17) is 10.5 Å². The first-order chi connectivity index (χ1) is 7.24. The molecule has 0 aliphatic carbocycles. The molecule has 2 rings (SSSR count). The number of rotatable bonds is 2. The Morgan fingerprint density at radius 1 is 1.33 bits per heavy atom. The SMILES string of the molecule is COc1nc(CN)cc2cc(C)ccc12. The van der Waals surface area contributed by atoms with Crippen molar-refractivity contribution in [3.8, 4) is 5.88 Å². The van der Waals surface area contributed by atoms with Crippen LogP contribution >= 0.6 is 0 Å². The monoisotopic (exact) mass is 202 g/mol. The Balaban J connectivity index is 2.74. The van der Waals surface area contributed by atoms with E-state index in [2.05, 4.69) is 24.0 Å². The summed E-state index contributed by atoms with van der Waals surface area (Å²) in [6, 6.07) is 8.19. The van der Waals surface area contributed by atoms with Gasteiger partial charge in [-0.05, 0) is 24.4 Å². The van der Waals surface area contributed by atoms with Gasteiger partial charge in [0.2, 0.25) is 5.88 Å². The molecule has 2 aromatic rings. The zero-order valence-corrected chi connectivity index (χ0v) is 8.95. The van der Waals surface area contributed by atoms with E-state index in [1.807, 2.05) is 12.1 Å². The number of methoxy groups -OCH3 is 1. The molecule has 15 heavy (non-hydrogen) atoms. The molecule has 1 aromatic carbocycles. The summed E-state index contributed by atoms with van der Waals surface area (Å²) in [6.45, 7) is 2.49. The predicted octanol–water partition coefficient (Wildman–Crippen LogP) is 2.01. The van der Waals surface area contributed by atoms with Gasteiger partial charge in [0, 0.05) is 11.9 Å². The highest BCUT2D eigenvalue weighted by molar-refractivity contribution is 5.87. The molecule has 0 unspecified atom stereocenters. The maximum absolute atomic E-state index is 5.58. The van der Waals surface area contributed by atoms with E-state index in [0.29, 0.717) is 12.4 Å². The second-order valence-corrected chi connectivity index (χ2v) is 3.55. The lowest BCUT2D eigenvalue weighted by Gasteiger charge is -2.07. The number of hydrogen-bond donors (Lipinski definition) is 1. The average molecular weight is 202 g/mol. The van der Waals surface area contributed by atoms with Crippen molar-refractivity contribution < 1.29 is 4.74 Å². The number of hydrogen-bond acceptors (Lipinski definition) is 3. The topological polar surface area (TPSA) is 48.1 Å². The second-order valence-electron chi connectivity index (χ2n) is 3.55. The van der Waals surface area contributed by atoms with Gasteiger partial charge in [-0.2, -0.15) is 0 Å². The first kappa shape index (κ1) is 9.93. The van der Waals surface area contributed by atoms with Gasteiger partial charge >= 0.3 is 0 Å². The predicted molar refractivity (Wildman–Crippen MR) is 60.9 cm³/mol. The molecule has 78 valence electrons. The summed E-state index contributed by atoms with van der Waals surface area (Å²) in [6.07, 6.45) is 0. The van der Waals surface area contributed by atoms with Crippen LogP contribution in [0.15, 0.2) is 24.3 Å². The van der Waals surface area contributed by atoms with Gasteiger partial charge < -0.3 is 10.5 Å². The molecule has 3 nitrogen and oxygen atoms in total. The largest absolute Gasteiger partial charge is 0.481 e. The molecule has 1 heterocycles. The fourth-order valence-electron chi connectivity index (χ4n) is 1.66. The van der Waals surface area contributed by atoms with Crippen molar-refractivity contribution >= 4 is 10.8 Å². The zero-order chi connectivity index (χ0) is 10.8. The highest BCUT2D eigenvalue weighted by Gasteiger charge is 2.05. The van der Waals surface area contributed by atoms with Crippen LogP contribution < -0.4 is 10.5 Å². The molecule has 0 saturated carbocycles. The third kappa shape index (κ3) is 1.78. The molecule has 0 amide bonds. The molecule has 0 aliphatic rings. The van der Waals surface area contributed by atoms with E-state index in [-0.39, 0.29) is 0 Å². The van der Waals surface area contributed by atoms with Crippen molar-refractivity contribution in [2.24, 2.45) is 5.73 Å². The van der Waals surface area contributed by atoms with E-state index >= 15 is 0 Å². The average Bonchev–Trinajstić information content (AvgIpc) is 2.26. The second kappa shape index (κ2) is 3.87. The molecule has 0 atom stereocenters. The Morgan fingerprint density at radius 2 is 2.13 bits per heavy atom. The smallest absolute Gasteiger partial charge is 0.221 e. The van der Waals surface area contributed by atoms with E-state index < -0.39 is 0 Å². The lowest BCUT2D eigenvalue weighted by molar-refractivity contribution is 0.402. The van der Waals surface area contributed by atoms with Crippen LogP contribution in [0, 0.1) is 6.92 Å². The minimum Gasteiger partial charge on any atom is -0.481 e. The van der Waals surface area contributed by atoms with E-state index in [0.717, 1.165) is 16.5 Å². The van der Waals surface area contributed by atoms with Crippen molar-refractivity contribution in [2.75, 3.05) is 7.11 Å². The molecule has 0 radical (unpaired) electrons. The molecule has 0 spiro atoms. The molecule has 0 aliphatic heterocycles. The van der Waals surface area contributed by atoms with Crippen molar-refractivity contribution in [2.45, 2.75) is 13.5 Å². The number of fused-ring (bicyclic) bond motifs is 1. The summed E-state index contributed by atoms with van der Waals surface area (Å²) in [7, 11) is 1.63. The molecule has 2 N–H and O–H groups in total. The Hall–Kier alpha value is -1.61. The summed E-state index contributed by atoms with van der Waals surface area (Å²) < 4.78 is 5.24. The van der Waals surface area contributed by atoms with Crippen molar-refractivity contribution in [1.29, 1.82) is 0 Å². The van der Waals surface area contributed by atoms with Gasteiger partial charge in [-0.15, -0.1) is 0 Å². The molecule has 1 aromatic heterocycles. The third-order valence-corrected chi connectivity index (χ3v) is 2.41. The Morgan fingerprint density at radius 3 is 2.80 bits per heavy atom. The van der Waals surface area contributed by atoms with Crippen LogP contribution in [0.25, 0.3) is 10.8 Å². The molecule has 0 saturated heterocycles. The normalized spacial score (nSPS) is 10.6. The van der Waals surface area contributed by atoms with Crippen molar-refractivity contribution in [1.82, 2.24) is 4.98 Å². The molecule has 3 heteroatoms. The fourth-order valence-corrected chi connectivity index (χ4v) is 1.66. The van der Waals surface area contributed by atoms with Crippen LogP contribution in [0.2, 0.25) is 0 Å². The van der Waals surface area contributed by atoms with Crippen LogP contribution in [-0.2, 0) is 6.54 Å². The maximum atomic E-state index is 5.58. The highest BCUT2D eigenvalue weighted by atomic mass is 16.5. The minimum absolute atomic E-state index is 0.431. The Kier molecular flexibility index (Phi) is 2.56. The number of ether oxygens (including phenoxy) is 1. The van der Waals surface area contributed by atoms with Gasteiger partial charge in [-0.1, -0.05) is 17.7 Å².